The van der Waals surface area contributed by atoms with Crippen molar-refractivity contribution in [1.82, 2.24) is 19.5 Å². The van der Waals surface area contributed by atoms with Crippen LogP contribution < -0.4 is 0 Å². The molecule has 0 saturated carbocycles. The fourth-order valence-electron chi connectivity index (χ4n) is 2.28. The van der Waals surface area contributed by atoms with Gasteiger partial charge in [0.25, 0.3) is 0 Å². The molecule has 3 atom stereocenters. The van der Waals surface area contributed by atoms with Crippen molar-refractivity contribution < 1.29 is 5.11 Å². The zero-order valence-electron chi connectivity index (χ0n) is 10.2. The topological polar surface area (TPSA) is 113 Å². The van der Waals surface area contributed by atoms with Crippen molar-refractivity contribution in [2.24, 2.45) is 5.11 Å². The normalized spacial score (nSPS) is 25.8. The zero-order valence-corrected chi connectivity index (χ0v) is 11.7. The molecule has 0 aromatic carbocycles. The van der Waals surface area contributed by atoms with E-state index in [0.29, 0.717) is 17.6 Å². The molecule has 0 radical (unpaired) electrons. The maximum absolute atomic E-state index is 9.30. The van der Waals surface area contributed by atoms with E-state index in [1.54, 1.807) is 18.1 Å². The van der Waals surface area contributed by atoms with Crippen molar-refractivity contribution in [2.45, 2.75) is 23.1 Å². The number of hydrogen-bond donors (Lipinski definition) is 1. The predicted molar refractivity (Wildman–Crippen MR) is 75.4 cm³/mol. The van der Waals surface area contributed by atoms with Gasteiger partial charge in [-0.05, 0) is 12.0 Å². The Bertz CT molecular complexity index is 685. The third-order valence-corrected chi connectivity index (χ3v) is 4.98. The first-order chi connectivity index (χ1) is 9.74. The van der Waals surface area contributed by atoms with Crippen LogP contribution in [0.3, 0.4) is 0 Å². The number of fused-ring (bicyclic) bond motifs is 1. The van der Waals surface area contributed by atoms with E-state index in [1.165, 1.54) is 6.33 Å². The standard InChI is InChI=1S/C10H10ClN7OS/c11-8-7-9(14-3-13-8)18(4-15-7)10-6(16-17-12)1-5(2-19)20-10/h3-6,10,19H,1-2H2/t5-,6?,10+/m0/s1. The van der Waals surface area contributed by atoms with Crippen molar-refractivity contribution in [1.29, 1.82) is 0 Å². The molecule has 20 heavy (non-hydrogen) atoms. The quantitative estimate of drug-likeness (QED) is 0.404. The first kappa shape index (κ1) is 13.4. The highest BCUT2D eigenvalue weighted by Gasteiger charge is 2.36. The predicted octanol–water partition coefficient (Wildman–Crippen LogP) is 2.15. The van der Waals surface area contributed by atoms with Gasteiger partial charge in [0.2, 0.25) is 0 Å². The Kier molecular flexibility index (Phi) is 3.66. The lowest BCUT2D eigenvalue weighted by Gasteiger charge is -2.16. The van der Waals surface area contributed by atoms with E-state index in [9.17, 15) is 5.11 Å². The van der Waals surface area contributed by atoms with E-state index in [4.69, 9.17) is 17.1 Å². The lowest BCUT2D eigenvalue weighted by molar-refractivity contribution is 0.289. The molecule has 2 aromatic heterocycles. The molecule has 10 heteroatoms. The van der Waals surface area contributed by atoms with Gasteiger partial charge in [-0.15, -0.1) is 11.8 Å². The van der Waals surface area contributed by atoms with Crippen LogP contribution in [0, 0.1) is 0 Å². The number of aliphatic hydroxyl groups is 1. The van der Waals surface area contributed by atoms with Crippen molar-refractivity contribution in [3.8, 4) is 0 Å². The number of imidazole rings is 1. The molecular weight excluding hydrogens is 302 g/mol. The van der Waals surface area contributed by atoms with Gasteiger partial charge < -0.3 is 9.67 Å². The maximum atomic E-state index is 9.30. The number of rotatable bonds is 3. The highest BCUT2D eigenvalue weighted by Crippen LogP contribution is 2.44. The number of thioether (sulfide) groups is 1. The molecule has 2 aromatic rings. The number of hydrogen-bond acceptors (Lipinski definition) is 6. The Labute approximate surface area is 122 Å². The maximum Gasteiger partial charge on any atom is 0.165 e. The number of nitrogens with zero attached hydrogens (tertiary/aromatic N) is 7. The minimum absolute atomic E-state index is 0.0326. The number of halogens is 1. The molecule has 0 spiro atoms. The Morgan fingerprint density at radius 2 is 2.40 bits per heavy atom. The summed E-state index contributed by atoms with van der Waals surface area (Å²) < 4.78 is 1.82. The van der Waals surface area contributed by atoms with Gasteiger partial charge in [-0.2, -0.15) is 0 Å². The van der Waals surface area contributed by atoms with Gasteiger partial charge in [0.05, 0.1) is 24.3 Å². The molecule has 1 fully saturated rings. The SMILES string of the molecule is [N-]=[N+]=NC1C[C@@H](CO)S[C@H]1n1cnc2c(Cl)ncnc21. The van der Waals surface area contributed by atoms with Crippen LogP contribution in [0.2, 0.25) is 5.15 Å². The summed E-state index contributed by atoms with van der Waals surface area (Å²) in [6, 6.07) is -0.256. The second-order valence-electron chi connectivity index (χ2n) is 4.33. The van der Waals surface area contributed by atoms with Crippen molar-refractivity contribution in [3.63, 3.8) is 0 Å². The first-order valence-corrected chi connectivity index (χ1v) is 7.20. The van der Waals surface area contributed by atoms with Crippen LogP contribution in [0.15, 0.2) is 17.8 Å². The van der Waals surface area contributed by atoms with Gasteiger partial charge in [0, 0.05) is 10.2 Å². The number of aromatic nitrogens is 4. The summed E-state index contributed by atoms with van der Waals surface area (Å²) in [6.07, 6.45) is 3.60. The summed E-state index contributed by atoms with van der Waals surface area (Å²) >= 11 is 7.52. The van der Waals surface area contributed by atoms with Crippen molar-refractivity contribution in [3.05, 3.63) is 28.3 Å². The third kappa shape index (κ3) is 2.18. The van der Waals surface area contributed by atoms with Crippen LogP contribution in [0.25, 0.3) is 21.6 Å². The van der Waals surface area contributed by atoms with E-state index >= 15 is 0 Å². The van der Waals surface area contributed by atoms with Gasteiger partial charge in [-0.1, -0.05) is 16.7 Å². The van der Waals surface area contributed by atoms with Gasteiger partial charge in [0.15, 0.2) is 10.8 Å². The van der Waals surface area contributed by atoms with Gasteiger partial charge >= 0.3 is 0 Å². The summed E-state index contributed by atoms with van der Waals surface area (Å²) in [5, 5.41) is 13.3. The van der Waals surface area contributed by atoms with E-state index in [0.717, 1.165) is 0 Å². The third-order valence-electron chi connectivity index (χ3n) is 3.16. The molecule has 3 rings (SSSR count). The smallest absolute Gasteiger partial charge is 0.165 e. The van der Waals surface area contributed by atoms with Crippen LogP contribution in [0.5, 0.6) is 0 Å². The minimum Gasteiger partial charge on any atom is -0.395 e. The average Bonchev–Trinajstić information content (AvgIpc) is 3.03. The molecular formula is C10H10ClN7OS. The largest absolute Gasteiger partial charge is 0.395 e. The lowest BCUT2D eigenvalue weighted by Crippen LogP contribution is -2.14. The van der Waals surface area contributed by atoms with Gasteiger partial charge in [-0.25, -0.2) is 15.0 Å². The second-order valence-corrected chi connectivity index (χ2v) is 6.11. The molecule has 1 unspecified atom stereocenters. The van der Waals surface area contributed by atoms with Gasteiger partial charge in [-0.3, -0.25) is 0 Å². The molecule has 0 aliphatic carbocycles. The fraction of sp³-hybridized carbons (Fsp3) is 0.500. The average molecular weight is 312 g/mol. The van der Waals surface area contributed by atoms with E-state index in [1.807, 2.05) is 4.57 Å². The number of azide groups is 1. The van der Waals surface area contributed by atoms with Crippen LogP contribution in [-0.2, 0) is 0 Å². The van der Waals surface area contributed by atoms with Crippen LogP contribution in [0.4, 0.5) is 0 Å². The molecule has 1 saturated heterocycles. The minimum atomic E-state index is -0.256. The van der Waals surface area contributed by atoms with E-state index in [2.05, 4.69) is 25.0 Å². The Balaban J connectivity index is 2.05. The van der Waals surface area contributed by atoms with Crippen LogP contribution in [0.1, 0.15) is 11.8 Å². The molecule has 0 amide bonds. The number of aliphatic hydroxyl groups excluding tert-OH is 1. The fourth-order valence-corrected chi connectivity index (χ4v) is 3.88. The molecule has 8 nitrogen and oxygen atoms in total. The highest BCUT2D eigenvalue weighted by atomic mass is 35.5. The van der Waals surface area contributed by atoms with Crippen molar-refractivity contribution in [2.75, 3.05) is 6.61 Å². The molecule has 104 valence electrons. The molecule has 1 N–H and O–H groups in total. The molecule has 0 bridgehead atoms. The summed E-state index contributed by atoms with van der Waals surface area (Å²) in [5.41, 5.74) is 9.79. The Hall–Kier alpha value is -1.54. The summed E-state index contributed by atoms with van der Waals surface area (Å²) in [7, 11) is 0. The highest BCUT2D eigenvalue weighted by molar-refractivity contribution is 8.00. The zero-order chi connectivity index (χ0) is 14.1. The van der Waals surface area contributed by atoms with Gasteiger partial charge in [0.1, 0.15) is 11.8 Å². The Morgan fingerprint density at radius 3 is 3.15 bits per heavy atom. The summed E-state index contributed by atoms with van der Waals surface area (Å²) in [5.74, 6) is 0. The molecule has 1 aliphatic rings. The lowest BCUT2D eigenvalue weighted by atomic mass is 10.2. The second kappa shape index (κ2) is 5.45. The molecule has 1 aliphatic heterocycles. The van der Waals surface area contributed by atoms with Crippen LogP contribution in [-0.4, -0.2) is 42.5 Å². The first-order valence-electron chi connectivity index (χ1n) is 5.88. The van der Waals surface area contributed by atoms with E-state index in [-0.39, 0.29) is 28.4 Å². The van der Waals surface area contributed by atoms with Crippen molar-refractivity contribution >= 4 is 34.5 Å². The summed E-state index contributed by atoms with van der Waals surface area (Å²) in [4.78, 5) is 15.2. The van der Waals surface area contributed by atoms with E-state index < -0.39 is 0 Å². The monoisotopic (exact) mass is 311 g/mol. The molecule has 3 heterocycles. The van der Waals surface area contributed by atoms with Crippen LogP contribution >= 0.6 is 23.4 Å². The Morgan fingerprint density at radius 1 is 1.55 bits per heavy atom. The summed E-state index contributed by atoms with van der Waals surface area (Å²) in [6.45, 7) is 0.0426.